The second kappa shape index (κ2) is 15.1. The molecule has 10 atom stereocenters. The summed E-state index contributed by atoms with van der Waals surface area (Å²) in [4.78, 5) is 97.4. The highest BCUT2D eigenvalue weighted by Gasteiger charge is 2.71. The Morgan fingerprint density at radius 1 is 0.630 bits per heavy atom. The Hall–Kier alpha value is -3.26. The van der Waals surface area contributed by atoms with Gasteiger partial charge in [-0.2, -0.15) is 9.78 Å². The Morgan fingerprint density at radius 3 is 1.17 bits per heavy atom. The fourth-order valence-electron chi connectivity index (χ4n) is 4.57. The van der Waals surface area contributed by atoms with E-state index in [1.165, 1.54) is 0 Å². The van der Waals surface area contributed by atoms with Crippen LogP contribution in [-0.4, -0.2) is 170 Å². The lowest BCUT2D eigenvalue weighted by Crippen LogP contribution is -2.85. The van der Waals surface area contributed by atoms with Crippen molar-refractivity contribution in [3.63, 3.8) is 0 Å². The molecule has 0 aromatic heterocycles. The first-order valence-corrected chi connectivity index (χ1v) is 13.5. The van der Waals surface area contributed by atoms with Crippen molar-refractivity contribution >= 4 is 35.5 Å². The van der Waals surface area contributed by atoms with E-state index in [-0.39, 0.29) is 14.7 Å². The fourth-order valence-corrected chi connectivity index (χ4v) is 4.57. The zero-order valence-electron chi connectivity index (χ0n) is 24.9. The van der Waals surface area contributed by atoms with Crippen LogP contribution in [0.5, 0.6) is 0 Å². The Balaban J connectivity index is 2.79. The summed E-state index contributed by atoms with van der Waals surface area (Å²) in [5.74, 6) is -15.4. The Kier molecular flexibility index (Phi) is 12.8. The molecule has 0 saturated carbocycles. The maximum Gasteiger partial charge on any atom is 0.303 e. The Labute approximate surface area is 259 Å². The molecule has 0 radical (unpaired) electrons. The highest BCUT2D eigenvalue weighted by atomic mass is 17.3. The number of aliphatic hydroxyl groups is 8. The monoisotopic (exact) mass is 671 g/mol. The quantitative estimate of drug-likeness (QED) is 0.0577. The molecule has 22 nitrogen and oxygen atoms in total. The van der Waals surface area contributed by atoms with E-state index in [1.807, 2.05) is 0 Å². The normalized spacial score (nSPS) is 26.0. The number of imide groups is 2. The van der Waals surface area contributed by atoms with Gasteiger partial charge in [0, 0.05) is 20.3 Å². The summed E-state index contributed by atoms with van der Waals surface area (Å²) in [5, 5.41) is 90.0. The van der Waals surface area contributed by atoms with Gasteiger partial charge in [-0.3, -0.25) is 28.8 Å². The average molecular weight is 672 g/mol. The smallest absolute Gasteiger partial charge is 0.303 e. The topological polar surface area (TPSA) is 331 Å². The lowest BCUT2D eigenvalue weighted by molar-refractivity contribution is -0.593. The summed E-state index contributed by atoms with van der Waals surface area (Å²) in [6, 6.07) is 0. The van der Waals surface area contributed by atoms with Gasteiger partial charge < -0.3 is 46.0 Å². The number of hydrogen-bond donors (Lipinski definition) is 9. The molecule has 2 aliphatic rings. The zero-order valence-corrected chi connectivity index (χ0v) is 24.9. The number of amides is 5. The third-order valence-electron chi connectivity index (χ3n) is 6.99. The largest absolute Gasteiger partial charge is 0.481 e. The molecule has 46 heavy (non-hydrogen) atoms. The Morgan fingerprint density at radius 2 is 0.957 bits per heavy atom. The van der Waals surface area contributed by atoms with Crippen LogP contribution in [-0.2, 0) is 48.3 Å². The van der Waals surface area contributed by atoms with Gasteiger partial charge in [-0.05, 0) is 13.8 Å². The zero-order chi connectivity index (χ0) is 35.5. The Bertz CT molecular complexity index is 1100. The summed E-state index contributed by atoms with van der Waals surface area (Å²) >= 11 is 0. The molecule has 0 bridgehead atoms. The lowest BCUT2D eigenvalue weighted by atomic mass is 10.0. The molecule has 2 unspecified atom stereocenters. The minimum atomic E-state index is -2.99. The minimum Gasteiger partial charge on any atom is -0.481 e. The molecule has 2 saturated heterocycles. The van der Waals surface area contributed by atoms with Crippen molar-refractivity contribution in [2.24, 2.45) is 0 Å². The molecular formula is C24H37N3O19. The summed E-state index contributed by atoms with van der Waals surface area (Å²) in [7, 11) is 0. The van der Waals surface area contributed by atoms with E-state index >= 15 is 0 Å². The SMILES string of the molecule is CC(=O)N(C(=O)[C@H](O)[C@@H](O)[C@H](O)[C@@H](C)O)C1(N(C(=O)CCC(=O)O)C2(N(C(C)=O)C(=O)[C@H](O)[C@@H](O)[C@H](O)[C@@H](C)O)COO2)COO1. The van der Waals surface area contributed by atoms with Crippen molar-refractivity contribution in [1.29, 1.82) is 0 Å². The van der Waals surface area contributed by atoms with Crippen molar-refractivity contribution in [3.05, 3.63) is 0 Å². The first-order chi connectivity index (χ1) is 21.2. The number of aliphatic carboxylic acids is 1. The first kappa shape index (κ1) is 38.9. The number of rotatable bonds is 15. The molecule has 0 aliphatic carbocycles. The predicted octanol–water partition coefficient (Wildman–Crippen LogP) is -6.41. The van der Waals surface area contributed by atoms with Gasteiger partial charge in [0.1, 0.15) is 24.4 Å². The van der Waals surface area contributed by atoms with Crippen molar-refractivity contribution in [3.8, 4) is 0 Å². The van der Waals surface area contributed by atoms with E-state index in [4.69, 9.17) is 9.78 Å². The van der Waals surface area contributed by atoms with Gasteiger partial charge in [0.25, 0.3) is 23.5 Å². The molecule has 22 heteroatoms. The molecule has 0 aromatic rings. The molecule has 2 heterocycles. The second-order valence-corrected chi connectivity index (χ2v) is 10.5. The molecule has 5 amide bonds. The van der Waals surface area contributed by atoms with Crippen molar-refractivity contribution in [2.75, 3.05) is 13.2 Å². The van der Waals surface area contributed by atoms with E-state index in [9.17, 15) is 74.7 Å². The van der Waals surface area contributed by atoms with Crippen molar-refractivity contribution in [2.45, 2.75) is 101 Å². The number of carboxylic acids is 1. The van der Waals surface area contributed by atoms with Crippen LogP contribution >= 0.6 is 0 Å². The molecular weight excluding hydrogens is 634 g/mol. The van der Waals surface area contributed by atoms with Crippen LogP contribution in [0.25, 0.3) is 0 Å². The van der Waals surface area contributed by atoms with Crippen LogP contribution in [0, 0.1) is 0 Å². The number of hydrogen-bond acceptors (Lipinski definition) is 18. The van der Waals surface area contributed by atoms with Crippen molar-refractivity contribution < 1.29 is 94.3 Å². The molecule has 2 rings (SSSR count). The van der Waals surface area contributed by atoms with Crippen LogP contribution in [0.1, 0.15) is 40.5 Å². The molecule has 0 aromatic carbocycles. The highest BCUT2D eigenvalue weighted by molar-refractivity contribution is 5.99. The number of carbonyl (C=O) groups is 6. The van der Waals surface area contributed by atoms with Gasteiger partial charge in [-0.25, -0.2) is 24.5 Å². The highest BCUT2D eigenvalue weighted by Crippen LogP contribution is 2.44. The van der Waals surface area contributed by atoms with Gasteiger partial charge in [-0.1, -0.05) is 0 Å². The summed E-state index contributed by atoms with van der Waals surface area (Å²) in [6.07, 6.45) is -20.1. The van der Waals surface area contributed by atoms with Crippen LogP contribution in [0.15, 0.2) is 0 Å². The molecule has 9 N–H and O–H groups in total. The predicted molar refractivity (Wildman–Crippen MR) is 138 cm³/mol. The summed E-state index contributed by atoms with van der Waals surface area (Å²) in [5.41, 5.74) is 0. The van der Waals surface area contributed by atoms with E-state index in [1.54, 1.807) is 0 Å². The van der Waals surface area contributed by atoms with Crippen molar-refractivity contribution in [1.82, 2.24) is 14.7 Å². The molecule has 0 spiro atoms. The average Bonchev–Trinajstić information content (AvgIpc) is 2.93. The van der Waals surface area contributed by atoms with Gasteiger partial charge in [-0.15, -0.1) is 0 Å². The van der Waals surface area contributed by atoms with Crippen LogP contribution in [0.4, 0.5) is 0 Å². The maximum absolute atomic E-state index is 13.8. The maximum atomic E-state index is 13.8. The van der Waals surface area contributed by atoms with Crippen LogP contribution in [0.2, 0.25) is 0 Å². The van der Waals surface area contributed by atoms with Gasteiger partial charge in [0.15, 0.2) is 25.4 Å². The summed E-state index contributed by atoms with van der Waals surface area (Å²) < 4.78 is 0. The first-order valence-electron chi connectivity index (χ1n) is 13.5. The van der Waals surface area contributed by atoms with Crippen LogP contribution < -0.4 is 0 Å². The van der Waals surface area contributed by atoms with Crippen LogP contribution in [0.3, 0.4) is 0 Å². The third-order valence-corrected chi connectivity index (χ3v) is 6.99. The lowest BCUT2D eigenvalue weighted by Gasteiger charge is -2.60. The van der Waals surface area contributed by atoms with E-state index in [0.717, 1.165) is 13.8 Å². The number of nitrogens with zero attached hydrogens (tertiary/aromatic N) is 3. The molecule has 2 fully saturated rings. The van der Waals surface area contributed by atoms with Gasteiger partial charge >= 0.3 is 5.97 Å². The molecule has 262 valence electrons. The third kappa shape index (κ3) is 7.32. The fraction of sp³-hybridized carbons (Fsp3) is 0.750. The van der Waals surface area contributed by atoms with Gasteiger partial charge in [0.2, 0.25) is 17.7 Å². The van der Waals surface area contributed by atoms with E-state index in [0.29, 0.717) is 13.8 Å². The second-order valence-electron chi connectivity index (χ2n) is 10.5. The number of carbonyl (C=O) groups excluding carboxylic acids is 5. The standard InChI is InChI=1S/C24H37N3O19/c1-9(28)15(35)17(37)19(39)21(41)25(11(3)30)23(7-43-45-23)27(13(32)5-6-14(33)34)24(8-44-46-24)26(12(4)31)22(42)20(40)18(38)16(36)10(2)29/h9-10,15-20,28-29,35-40H,5-8H2,1-4H3,(H,33,34)/t9-,10-,15-,16-,17+,18+,19-,20-,23?,24?/m1/s1. The number of carboxylic acid groups (broad SMARTS) is 1. The van der Waals surface area contributed by atoms with Gasteiger partial charge in [0.05, 0.1) is 18.6 Å². The minimum absolute atomic E-state index is 0.0491. The summed E-state index contributed by atoms with van der Waals surface area (Å²) in [6.45, 7) is 1.21. The number of aliphatic hydroxyl groups excluding tert-OH is 8. The van der Waals surface area contributed by atoms with E-state index < -0.39 is 122 Å². The van der Waals surface area contributed by atoms with E-state index in [2.05, 4.69) is 9.78 Å². The molecule has 2 aliphatic heterocycles.